The van der Waals surface area contributed by atoms with Crippen molar-refractivity contribution < 1.29 is 18.7 Å². The van der Waals surface area contributed by atoms with Gasteiger partial charge in [-0.05, 0) is 45.7 Å². The van der Waals surface area contributed by atoms with Crippen LogP contribution in [-0.2, 0) is 14.3 Å². The van der Waals surface area contributed by atoms with Crippen LogP contribution in [0.1, 0.15) is 60.3 Å². The molecule has 1 atom stereocenters. The monoisotopic (exact) mass is 403 g/mol. The van der Waals surface area contributed by atoms with Gasteiger partial charge in [0.05, 0.1) is 10.7 Å². The van der Waals surface area contributed by atoms with Crippen LogP contribution in [0, 0.1) is 5.82 Å². The Bertz CT molecular complexity index is 646. The molecule has 0 heterocycles. The van der Waals surface area contributed by atoms with E-state index in [4.69, 9.17) is 16.3 Å². The molecule has 0 aliphatic heterocycles. The summed E-state index contributed by atoms with van der Waals surface area (Å²) >= 11 is 7.34. The smallest absolute Gasteiger partial charge is 0.319 e. The zero-order valence-corrected chi connectivity index (χ0v) is 17.5. The molecule has 146 valence electrons. The normalized spacial score (nSPS) is 12.6. The van der Waals surface area contributed by atoms with Crippen molar-refractivity contribution in [3.8, 4) is 0 Å². The number of thioether (sulfide) groups is 1. The van der Waals surface area contributed by atoms with Crippen molar-refractivity contribution in [3.63, 3.8) is 0 Å². The van der Waals surface area contributed by atoms with Crippen molar-refractivity contribution in [1.29, 1.82) is 0 Å². The number of unbranched alkanes of at least 4 members (excludes halogenated alkanes) is 1. The second kappa shape index (κ2) is 10.2. The van der Waals surface area contributed by atoms with Crippen molar-refractivity contribution in [1.82, 2.24) is 0 Å². The minimum absolute atomic E-state index is 0.0667. The molecule has 7 heteroatoms. The number of esters is 1. The van der Waals surface area contributed by atoms with E-state index in [-0.39, 0.29) is 22.6 Å². The van der Waals surface area contributed by atoms with Gasteiger partial charge in [-0.2, -0.15) is 0 Å². The largest absolute Gasteiger partial charge is 0.459 e. The molecule has 1 aromatic rings. The van der Waals surface area contributed by atoms with Crippen LogP contribution < -0.4 is 5.32 Å². The zero-order valence-electron chi connectivity index (χ0n) is 15.9. The maximum absolute atomic E-state index is 14.1. The van der Waals surface area contributed by atoms with E-state index in [1.54, 1.807) is 20.8 Å². The highest BCUT2D eigenvalue weighted by Crippen LogP contribution is 2.36. The number of ether oxygens (including phenoxy) is 1. The second-order valence-electron chi connectivity index (χ2n) is 6.96. The molecule has 0 radical (unpaired) electrons. The van der Waals surface area contributed by atoms with Crippen LogP contribution >= 0.6 is 23.4 Å². The Labute approximate surface area is 164 Å². The Kier molecular flexibility index (Phi) is 8.90. The fourth-order valence-electron chi connectivity index (χ4n) is 2.08. The van der Waals surface area contributed by atoms with Crippen LogP contribution in [0.3, 0.4) is 0 Å². The number of carbonyl (C=O) groups is 2. The van der Waals surface area contributed by atoms with Crippen LogP contribution in [0.5, 0.6) is 0 Å². The number of nitrogens with one attached hydrogen (secondary N) is 1. The third kappa shape index (κ3) is 7.54. The summed E-state index contributed by atoms with van der Waals surface area (Å²) in [6, 6.07) is 2.63. The third-order valence-corrected chi connectivity index (χ3v) is 5.19. The lowest BCUT2D eigenvalue weighted by molar-refractivity contribution is -0.154. The maximum atomic E-state index is 14.1. The molecule has 26 heavy (non-hydrogen) atoms. The first kappa shape index (κ1) is 22.8. The number of halogens is 2. The number of benzene rings is 1. The van der Waals surface area contributed by atoms with E-state index in [1.807, 2.05) is 13.8 Å². The van der Waals surface area contributed by atoms with Crippen molar-refractivity contribution in [2.24, 2.45) is 0 Å². The molecule has 0 saturated heterocycles. The summed E-state index contributed by atoms with van der Waals surface area (Å²) in [5, 5.41) is 2.29. The summed E-state index contributed by atoms with van der Waals surface area (Å²) in [5.74, 6) is -1.20. The Morgan fingerprint density at radius 1 is 1.31 bits per heavy atom. The molecular formula is C19H27ClFNO3S. The van der Waals surface area contributed by atoms with Gasteiger partial charge in [-0.25, -0.2) is 4.39 Å². The molecule has 1 unspecified atom stereocenters. The zero-order chi connectivity index (χ0) is 19.9. The Hall–Kier alpha value is -1.27. The van der Waals surface area contributed by atoms with Gasteiger partial charge in [0.2, 0.25) is 5.91 Å². The van der Waals surface area contributed by atoms with Gasteiger partial charge in [-0.1, -0.05) is 31.9 Å². The Balaban J connectivity index is 2.95. The minimum Gasteiger partial charge on any atom is -0.459 e. The molecule has 0 saturated carbocycles. The highest BCUT2D eigenvalue weighted by Gasteiger charge is 2.26. The number of carbonyl (C=O) groups excluding carboxylic acids is 2. The molecule has 1 amide bonds. The number of rotatable bonds is 8. The van der Waals surface area contributed by atoms with Gasteiger partial charge in [0.15, 0.2) is 0 Å². The summed E-state index contributed by atoms with van der Waals surface area (Å²) in [6.07, 6.45) is 2.48. The summed E-state index contributed by atoms with van der Waals surface area (Å²) in [5.41, 5.74) is -0.521. The third-order valence-electron chi connectivity index (χ3n) is 3.36. The van der Waals surface area contributed by atoms with Crippen molar-refractivity contribution in [2.75, 3.05) is 5.32 Å². The van der Waals surface area contributed by atoms with Gasteiger partial charge in [0.25, 0.3) is 0 Å². The molecule has 0 aliphatic rings. The second-order valence-corrected chi connectivity index (χ2v) is 8.61. The molecule has 0 aliphatic carbocycles. The quantitative estimate of drug-likeness (QED) is 0.439. The van der Waals surface area contributed by atoms with Gasteiger partial charge in [-0.15, -0.1) is 11.8 Å². The molecule has 0 spiro atoms. The van der Waals surface area contributed by atoms with Gasteiger partial charge < -0.3 is 10.1 Å². The van der Waals surface area contributed by atoms with Crippen LogP contribution in [0.4, 0.5) is 10.1 Å². The molecule has 0 aromatic heterocycles. The fourth-order valence-corrected chi connectivity index (χ4v) is 3.34. The predicted molar refractivity (Wildman–Crippen MR) is 105 cm³/mol. The number of amides is 1. The molecular weight excluding hydrogens is 377 g/mol. The molecule has 1 aromatic carbocycles. The molecule has 0 bridgehead atoms. The number of hydrogen-bond donors (Lipinski definition) is 1. The van der Waals surface area contributed by atoms with E-state index in [0.717, 1.165) is 18.9 Å². The highest BCUT2D eigenvalue weighted by atomic mass is 35.5. The maximum Gasteiger partial charge on any atom is 0.319 e. The van der Waals surface area contributed by atoms with Gasteiger partial charge in [0, 0.05) is 11.3 Å². The Morgan fingerprint density at radius 2 is 1.96 bits per heavy atom. The standard InChI is InChI=1S/C19H27ClFNO3S/c1-6-8-9-17(23)22-14-11-16(12(20)10-13(14)21)26-15(7-2)18(24)25-19(3,4)5/h10-11,15H,6-9H2,1-5H3,(H,22,23). The lowest BCUT2D eigenvalue weighted by Crippen LogP contribution is -2.30. The highest BCUT2D eigenvalue weighted by molar-refractivity contribution is 8.00. The fraction of sp³-hybridized carbons (Fsp3) is 0.579. The van der Waals surface area contributed by atoms with E-state index in [1.165, 1.54) is 17.8 Å². The van der Waals surface area contributed by atoms with E-state index in [9.17, 15) is 14.0 Å². The average Bonchev–Trinajstić information content (AvgIpc) is 2.52. The Morgan fingerprint density at radius 3 is 2.50 bits per heavy atom. The molecule has 0 fully saturated rings. The van der Waals surface area contributed by atoms with Crippen molar-refractivity contribution >= 4 is 40.9 Å². The van der Waals surface area contributed by atoms with E-state index in [2.05, 4.69) is 5.32 Å². The van der Waals surface area contributed by atoms with E-state index >= 15 is 0 Å². The first-order valence-corrected chi connectivity index (χ1v) is 10.0. The van der Waals surface area contributed by atoms with Crippen molar-refractivity contribution in [3.05, 3.63) is 23.0 Å². The van der Waals surface area contributed by atoms with E-state index in [0.29, 0.717) is 17.7 Å². The topological polar surface area (TPSA) is 55.4 Å². The van der Waals surface area contributed by atoms with Crippen LogP contribution in [0.2, 0.25) is 5.02 Å². The van der Waals surface area contributed by atoms with Crippen molar-refractivity contribution in [2.45, 2.75) is 76.0 Å². The summed E-state index contributed by atoms with van der Waals surface area (Å²) in [7, 11) is 0. The first-order chi connectivity index (χ1) is 12.1. The summed E-state index contributed by atoms with van der Waals surface area (Å²) < 4.78 is 19.5. The SMILES string of the molecule is CCCCC(=O)Nc1cc(SC(CC)C(=O)OC(C)(C)C)c(Cl)cc1F. The summed E-state index contributed by atoms with van der Waals surface area (Å²) in [6.45, 7) is 9.25. The van der Waals surface area contributed by atoms with Gasteiger partial charge >= 0.3 is 5.97 Å². The predicted octanol–water partition coefficient (Wildman–Crippen LogP) is 5.82. The first-order valence-electron chi connectivity index (χ1n) is 8.75. The van der Waals surface area contributed by atoms with Crippen LogP contribution in [0.15, 0.2) is 17.0 Å². The van der Waals surface area contributed by atoms with Gasteiger partial charge in [-0.3, -0.25) is 9.59 Å². The minimum atomic E-state index is -0.602. The molecule has 4 nitrogen and oxygen atoms in total. The number of anilines is 1. The van der Waals surface area contributed by atoms with Gasteiger partial charge in [0.1, 0.15) is 16.7 Å². The summed E-state index contributed by atoms with van der Waals surface area (Å²) in [4.78, 5) is 24.7. The lowest BCUT2D eigenvalue weighted by Gasteiger charge is -2.23. The lowest BCUT2D eigenvalue weighted by atomic mass is 10.2. The van der Waals surface area contributed by atoms with Crippen LogP contribution in [0.25, 0.3) is 0 Å². The number of hydrogen-bond acceptors (Lipinski definition) is 4. The average molecular weight is 404 g/mol. The molecule has 1 N–H and O–H groups in total. The van der Waals surface area contributed by atoms with E-state index < -0.39 is 16.7 Å². The van der Waals surface area contributed by atoms with Crippen LogP contribution in [-0.4, -0.2) is 22.7 Å². The molecule has 1 rings (SSSR count).